The van der Waals surface area contributed by atoms with E-state index < -0.39 is 5.91 Å². The van der Waals surface area contributed by atoms with E-state index in [9.17, 15) is 9.70 Å². The molecule has 0 aromatic heterocycles. The summed E-state index contributed by atoms with van der Waals surface area (Å²) in [7, 11) is 1.59. The molecule has 0 unspecified atom stereocenters. The van der Waals surface area contributed by atoms with Gasteiger partial charge in [-0.05, 0) is 24.3 Å². The van der Waals surface area contributed by atoms with E-state index in [4.69, 9.17) is 4.74 Å². The van der Waals surface area contributed by atoms with E-state index in [0.29, 0.717) is 0 Å². The Bertz CT molecular complexity index is 323. The zero-order chi connectivity index (χ0) is 10.4. The van der Waals surface area contributed by atoms with Gasteiger partial charge in [-0.25, -0.2) is 0 Å². The second-order valence-electron chi connectivity index (χ2n) is 2.45. The molecular weight excluding hydrogens is 202 g/mol. The maximum Gasteiger partial charge on any atom is 0.296 e. The lowest BCUT2D eigenvalue weighted by Crippen LogP contribution is -1.94. The fourth-order valence-electron chi connectivity index (χ4n) is 0.843. The Balaban J connectivity index is 2.51. The van der Waals surface area contributed by atoms with E-state index >= 15 is 0 Å². The summed E-state index contributed by atoms with van der Waals surface area (Å²) in [5.74, 6) is 0.190. The highest BCUT2D eigenvalue weighted by Crippen LogP contribution is 2.21. The monoisotopic (exact) mass is 211 g/mol. The van der Waals surface area contributed by atoms with Crippen molar-refractivity contribution in [3.05, 3.63) is 29.2 Å². The van der Waals surface area contributed by atoms with Crippen molar-refractivity contribution in [1.29, 1.82) is 0 Å². The van der Waals surface area contributed by atoms with Crippen LogP contribution in [0.3, 0.4) is 0 Å². The molecule has 5 heteroatoms. The first-order chi connectivity index (χ1) is 6.76. The predicted molar refractivity (Wildman–Crippen MR) is 54.5 cm³/mol. The number of carbonyl (C=O) groups excluding carboxylic acids is 1. The highest BCUT2D eigenvalue weighted by Gasteiger charge is 2.02. The van der Waals surface area contributed by atoms with E-state index in [1.54, 1.807) is 19.2 Å². The predicted octanol–water partition coefficient (Wildman–Crippen LogP) is 2.08. The number of methoxy groups -OCH3 is 1. The van der Waals surface area contributed by atoms with Crippen molar-refractivity contribution in [2.45, 2.75) is 4.90 Å². The lowest BCUT2D eigenvalue weighted by atomic mass is 10.3. The second kappa shape index (κ2) is 5.39. The summed E-state index contributed by atoms with van der Waals surface area (Å²) in [5, 5.41) is 2.30. The molecule has 0 spiro atoms. The van der Waals surface area contributed by atoms with Gasteiger partial charge in [-0.2, -0.15) is 0 Å². The molecule has 1 aromatic rings. The molecule has 0 heterocycles. The number of amides is 1. The minimum Gasteiger partial charge on any atom is -0.497 e. The van der Waals surface area contributed by atoms with Gasteiger partial charge in [-0.1, -0.05) is 0 Å². The van der Waals surface area contributed by atoms with Crippen molar-refractivity contribution < 1.29 is 9.53 Å². The molecule has 0 radical (unpaired) electrons. The minimum atomic E-state index is -0.647. The van der Waals surface area contributed by atoms with Crippen LogP contribution in [-0.2, 0) is 4.79 Å². The Morgan fingerprint density at radius 1 is 1.43 bits per heavy atom. The molecule has 0 aliphatic heterocycles. The average Bonchev–Trinajstić information content (AvgIpc) is 2.26. The van der Waals surface area contributed by atoms with Crippen molar-refractivity contribution in [3.8, 4) is 5.75 Å². The van der Waals surface area contributed by atoms with Crippen molar-refractivity contribution in [2.24, 2.45) is 5.18 Å². The van der Waals surface area contributed by atoms with Gasteiger partial charge in [0.25, 0.3) is 5.91 Å². The molecule has 0 N–H and O–H groups in total. The first-order valence-corrected chi connectivity index (χ1v) is 4.88. The minimum absolute atomic E-state index is 0.0792. The number of ether oxygens (including phenoxy) is 1. The molecule has 0 aliphatic carbocycles. The number of thioether (sulfide) groups is 1. The van der Waals surface area contributed by atoms with Crippen molar-refractivity contribution in [1.82, 2.24) is 0 Å². The Morgan fingerprint density at radius 3 is 2.57 bits per heavy atom. The van der Waals surface area contributed by atoms with Gasteiger partial charge < -0.3 is 4.74 Å². The van der Waals surface area contributed by atoms with Crippen molar-refractivity contribution >= 4 is 17.7 Å². The third kappa shape index (κ3) is 3.18. The van der Waals surface area contributed by atoms with E-state index in [-0.39, 0.29) is 5.75 Å². The van der Waals surface area contributed by atoms with Crippen LogP contribution in [0, 0.1) is 4.91 Å². The number of rotatable bonds is 4. The van der Waals surface area contributed by atoms with Gasteiger partial charge in [0.05, 0.1) is 12.9 Å². The first kappa shape index (κ1) is 10.7. The third-order valence-corrected chi connectivity index (χ3v) is 2.52. The van der Waals surface area contributed by atoms with Crippen LogP contribution in [-0.4, -0.2) is 18.8 Å². The van der Waals surface area contributed by atoms with Gasteiger partial charge in [-0.3, -0.25) is 4.79 Å². The highest BCUT2D eigenvalue weighted by atomic mass is 32.2. The molecule has 0 aliphatic rings. The Kier molecular flexibility index (Phi) is 4.12. The van der Waals surface area contributed by atoms with Gasteiger partial charge in [-0.15, -0.1) is 16.7 Å². The molecular formula is C9H9NO3S. The quantitative estimate of drug-likeness (QED) is 0.565. The van der Waals surface area contributed by atoms with E-state index in [1.165, 1.54) is 11.8 Å². The normalized spacial score (nSPS) is 9.50. The third-order valence-electron chi connectivity index (χ3n) is 1.52. The molecule has 0 saturated carbocycles. The standard InChI is InChI=1S/C9H9NO3S/c1-13-7-2-4-8(5-3-7)14-6-9(11)10-12/h2-5H,6H2,1H3. The zero-order valence-electron chi connectivity index (χ0n) is 7.60. The van der Waals surface area contributed by atoms with Crippen molar-refractivity contribution in [2.75, 3.05) is 12.9 Å². The molecule has 0 saturated heterocycles. The largest absolute Gasteiger partial charge is 0.497 e. The van der Waals surface area contributed by atoms with E-state index in [1.807, 2.05) is 12.1 Å². The van der Waals surface area contributed by atoms with Crippen LogP contribution in [0.2, 0.25) is 0 Å². The molecule has 1 rings (SSSR count). The van der Waals surface area contributed by atoms with Crippen molar-refractivity contribution in [3.63, 3.8) is 0 Å². The number of hydrogen-bond donors (Lipinski definition) is 0. The Morgan fingerprint density at radius 2 is 2.07 bits per heavy atom. The number of hydrogen-bond acceptors (Lipinski definition) is 4. The lowest BCUT2D eigenvalue weighted by molar-refractivity contribution is -0.115. The average molecular weight is 211 g/mol. The molecule has 74 valence electrons. The van der Waals surface area contributed by atoms with Gasteiger partial charge in [0, 0.05) is 10.1 Å². The lowest BCUT2D eigenvalue weighted by Gasteiger charge is -2.00. The van der Waals surface area contributed by atoms with Crippen LogP contribution in [0.1, 0.15) is 0 Å². The summed E-state index contributed by atoms with van der Waals surface area (Å²) in [4.78, 5) is 21.3. The van der Waals surface area contributed by atoms with Gasteiger partial charge in [0.2, 0.25) is 0 Å². The topological polar surface area (TPSA) is 55.7 Å². The number of carbonyl (C=O) groups is 1. The highest BCUT2D eigenvalue weighted by molar-refractivity contribution is 8.00. The molecule has 4 nitrogen and oxygen atoms in total. The molecule has 14 heavy (non-hydrogen) atoms. The Labute approximate surface area is 85.6 Å². The van der Waals surface area contributed by atoms with Crippen LogP contribution in [0.25, 0.3) is 0 Å². The summed E-state index contributed by atoms with van der Waals surface area (Å²) in [6.45, 7) is 0. The van der Waals surface area contributed by atoms with Crippen LogP contribution < -0.4 is 4.74 Å². The second-order valence-corrected chi connectivity index (χ2v) is 3.50. The SMILES string of the molecule is COc1ccc(SCC(=O)N=O)cc1. The molecule has 0 bridgehead atoms. The maximum atomic E-state index is 10.6. The van der Waals surface area contributed by atoms with Crippen LogP contribution in [0.15, 0.2) is 34.3 Å². The van der Waals surface area contributed by atoms with Gasteiger partial charge in [0.1, 0.15) is 5.75 Å². The first-order valence-electron chi connectivity index (χ1n) is 3.89. The van der Waals surface area contributed by atoms with Crippen LogP contribution in [0.4, 0.5) is 0 Å². The van der Waals surface area contributed by atoms with Gasteiger partial charge >= 0.3 is 0 Å². The zero-order valence-corrected chi connectivity index (χ0v) is 8.41. The number of nitrogens with zero attached hydrogens (tertiary/aromatic N) is 1. The molecule has 0 atom stereocenters. The molecule has 1 aromatic carbocycles. The summed E-state index contributed by atoms with van der Waals surface area (Å²) in [6, 6.07) is 7.23. The van der Waals surface area contributed by atoms with Crippen LogP contribution in [0.5, 0.6) is 5.75 Å². The van der Waals surface area contributed by atoms with E-state index in [0.717, 1.165) is 10.6 Å². The fourth-order valence-corrected chi connectivity index (χ4v) is 1.51. The van der Waals surface area contributed by atoms with Gasteiger partial charge in [0.15, 0.2) is 0 Å². The molecule has 0 fully saturated rings. The summed E-state index contributed by atoms with van der Waals surface area (Å²) in [5.41, 5.74) is 0. The smallest absolute Gasteiger partial charge is 0.296 e. The summed E-state index contributed by atoms with van der Waals surface area (Å²) >= 11 is 1.27. The number of nitroso groups, excluding NO2 is 1. The van der Waals surface area contributed by atoms with E-state index in [2.05, 4.69) is 5.18 Å². The summed E-state index contributed by atoms with van der Waals surface area (Å²) < 4.78 is 4.97. The summed E-state index contributed by atoms with van der Waals surface area (Å²) in [6.07, 6.45) is 0. The maximum absolute atomic E-state index is 10.6. The fraction of sp³-hybridized carbons (Fsp3) is 0.222. The van der Waals surface area contributed by atoms with Crippen LogP contribution >= 0.6 is 11.8 Å². The Hall–Kier alpha value is -1.36. The molecule has 1 amide bonds. The number of benzene rings is 1.